The van der Waals surface area contributed by atoms with Crippen molar-refractivity contribution >= 4 is 17.0 Å². The monoisotopic (exact) mass is 465 g/mol. The number of aryl methyl sites for hydroxylation is 1. The molecule has 0 amide bonds. The van der Waals surface area contributed by atoms with E-state index < -0.39 is 11.4 Å². The van der Waals surface area contributed by atoms with E-state index in [-0.39, 0.29) is 11.2 Å². The van der Waals surface area contributed by atoms with Gasteiger partial charge in [-0.3, -0.25) is 0 Å². The zero-order valence-electron chi connectivity index (χ0n) is 18.5. The first kappa shape index (κ1) is 20.8. The molecule has 0 saturated carbocycles. The predicted molar refractivity (Wildman–Crippen MR) is 123 cm³/mol. The second-order valence-corrected chi connectivity index (χ2v) is 10.3. The van der Waals surface area contributed by atoms with Crippen LogP contribution in [0.15, 0.2) is 36.8 Å². The van der Waals surface area contributed by atoms with Gasteiger partial charge in [0.05, 0.1) is 22.8 Å². The van der Waals surface area contributed by atoms with Crippen molar-refractivity contribution in [1.29, 1.82) is 0 Å². The summed E-state index contributed by atoms with van der Waals surface area (Å²) >= 11 is -0.955. The van der Waals surface area contributed by atoms with E-state index in [2.05, 4.69) is 19.6 Å². The van der Waals surface area contributed by atoms with E-state index in [1.807, 2.05) is 22.6 Å². The number of pyridine rings is 2. The maximum Gasteiger partial charge on any atom is 0.155 e. The van der Waals surface area contributed by atoms with E-state index in [9.17, 15) is 8.94 Å². The molecule has 0 N–H and O–H groups in total. The first-order valence-electron chi connectivity index (χ1n) is 11.1. The van der Waals surface area contributed by atoms with E-state index in [1.54, 1.807) is 23.8 Å². The van der Waals surface area contributed by atoms with Gasteiger partial charge in [-0.2, -0.15) is 5.10 Å². The number of halogens is 1. The molecule has 1 atom stereocenters. The van der Waals surface area contributed by atoms with Crippen LogP contribution in [0.4, 0.5) is 4.39 Å². The average molecular weight is 466 g/mol. The number of imidazole rings is 1. The van der Waals surface area contributed by atoms with Gasteiger partial charge in [0.2, 0.25) is 0 Å². The zero-order chi connectivity index (χ0) is 22.7. The van der Waals surface area contributed by atoms with Crippen LogP contribution in [0.25, 0.3) is 28.3 Å². The predicted octanol–water partition coefficient (Wildman–Crippen LogP) is 3.13. The van der Waals surface area contributed by atoms with Crippen molar-refractivity contribution in [3.05, 3.63) is 54.1 Å². The molecule has 8 nitrogen and oxygen atoms in total. The van der Waals surface area contributed by atoms with Gasteiger partial charge in [0.15, 0.2) is 5.65 Å². The molecule has 10 heteroatoms. The quantitative estimate of drug-likeness (QED) is 0.432. The van der Waals surface area contributed by atoms with Gasteiger partial charge in [-0.05, 0) is 50.5 Å². The molecule has 33 heavy (non-hydrogen) atoms. The summed E-state index contributed by atoms with van der Waals surface area (Å²) in [6, 6.07) is 7.13. The van der Waals surface area contributed by atoms with Gasteiger partial charge in [0.1, 0.15) is 24.2 Å². The molecular formula is C23H24FN7OS. The molecule has 6 rings (SSSR count). The lowest BCUT2D eigenvalue weighted by molar-refractivity contribution is 0.229. The van der Waals surface area contributed by atoms with E-state index in [1.165, 1.54) is 12.4 Å². The van der Waals surface area contributed by atoms with Gasteiger partial charge in [-0.1, -0.05) is 0 Å². The van der Waals surface area contributed by atoms with Crippen molar-refractivity contribution in [1.82, 2.24) is 33.4 Å². The van der Waals surface area contributed by atoms with E-state index in [0.29, 0.717) is 11.4 Å². The lowest BCUT2D eigenvalue weighted by Crippen LogP contribution is -2.44. The van der Waals surface area contributed by atoms with E-state index in [0.717, 1.165) is 67.3 Å². The lowest BCUT2D eigenvalue weighted by Gasteiger charge is -2.37. The summed E-state index contributed by atoms with van der Waals surface area (Å²) < 4.78 is 32.0. The second kappa shape index (κ2) is 7.61. The molecule has 2 aliphatic rings. The van der Waals surface area contributed by atoms with Crippen LogP contribution >= 0.6 is 0 Å². The Bertz CT molecular complexity index is 1360. The minimum absolute atomic E-state index is 0.0463. The highest BCUT2D eigenvalue weighted by atomic mass is 32.2. The summed E-state index contributed by atoms with van der Waals surface area (Å²) in [6.07, 6.45) is 8.02. The Hall–Kier alpha value is -2.82. The first-order valence-corrected chi connectivity index (χ1v) is 12.6. The van der Waals surface area contributed by atoms with Gasteiger partial charge < -0.3 is 9.12 Å². The summed E-state index contributed by atoms with van der Waals surface area (Å²) in [7, 11) is 0. The molecule has 0 radical (unpaired) electrons. The van der Waals surface area contributed by atoms with Crippen molar-refractivity contribution < 1.29 is 8.94 Å². The molecule has 1 spiro atoms. The van der Waals surface area contributed by atoms with Crippen LogP contribution in [0.1, 0.15) is 30.8 Å². The molecule has 170 valence electrons. The molecule has 0 bridgehead atoms. The van der Waals surface area contributed by atoms with Gasteiger partial charge in [-0.25, -0.2) is 23.9 Å². The maximum atomic E-state index is 14.0. The van der Waals surface area contributed by atoms with Crippen molar-refractivity contribution in [2.75, 3.05) is 19.3 Å². The molecule has 2 aliphatic heterocycles. The molecule has 0 aliphatic carbocycles. The topological polar surface area (TPSA) is 87.2 Å². The van der Waals surface area contributed by atoms with Crippen molar-refractivity contribution in [3.63, 3.8) is 0 Å². The Morgan fingerprint density at radius 1 is 1.06 bits per heavy atom. The normalized spacial score (nSPS) is 18.8. The molecule has 1 fully saturated rings. The third-order valence-corrected chi connectivity index (χ3v) is 8.20. The zero-order valence-corrected chi connectivity index (χ0v) is 19.3. The summed E-state index contributed by atoms with van der Waals surface area (Å²) in [5.74, 6) is 0.735. The van der Waals surface area contributed by atoms with Gasteiger partial charge in [0.25, 0.3) is 0 Å². The number of hydrogen-bond donors (Lipinski definition) is 0. The summed E-state index contributed by atoms with van der Waals surface area (Å²) in [4.78, 5) is 14.0. The highest BCUT2D eigenvalue weighted by Crippen LogP contribution is 2.47. The fourth-order valence-corrected chi connectivity index (χ4v) is 5.95. The largest absolute Gasteiger partial charge is 0.598 e. The number of nitrogens with zero attached hydrogens (tertiary/aromatic N) is 7. The molecule has 1 unspecified atom stereocenters. The highest BCUT2D eigenvalue weighted by molar-refractivity contribution is 7.88. The van der Waals surface area contributed by atoms with Crippen LogP contribution in [0.3, 0.4) is 0 Å². The molecule has 4 aromatic heterocycles. The Kier molecular flexibility index (Phi) is 4.79. The van der Waals surface area contributed by atoms with E-state index >= 15 is 0 Å². The molecule has 4 aromatic rings. The van der Waals surface area contributed by atoms with Crippen LogP contribution in [-0.4, -0.2) is 57.3 Å². The second-order valence-electron chi connectivity index (χ2n) is 8.91. The number of fused-ring (bicyclic) bond motifs is 3. The van der Waals surface area contributed by atoms with Crippen LogP contribution in [0.2, 0.25) is 0 Å². The van der Waals surface area contributed by atoms with Crippen molar-refractivity contribution in [2.24, 2.45) is 0 Å². The van der Waals surface area contributed by atoms with E-state index in [4.69, 9.17) is 4.98 Å². The Morgan fingerprint density at radius 3 is 2.61 bits per heavy atom. The Labute approximate surface area is 193 Å². The standard InChI is InChI=1S/C23H24FN7OS/c1-15-17(24)4-5-18(27-15)21-20(16-3-6-19-25-14-26-31(19)13-16)28-22-23(9-12-30(21)22)7-10-29(11-8-23)33(2)32/h3-6,13-14H,7-12H2,1-2H3. The lowest BCUT2D eigenvalue weighted by atomic mass is 9.77. The van der Waals surface area contributed by atoms with Crippen LogP contribution in [0, 0.1) is 12.7 Å². The van der Waals surface area contributed by atoms with Gasteiger partial charge in [-0.15, -0.1) is 4.31 Å². The maximum absolute atomic E-state index is 14.0. The molecule has 1 saturated heterocycles. The first-order chi connectivity index (χ1) is 15.9. The van der Waals surface area contributed by atoms with Gasteiger partial charge in [0, 0.05) is 48.2 Å². The molecular weight excluding hydrogens is 441 g/mol. The summed E-state index contributed by atoms with van der Waals surface area (Å²) in [5.41, 5.74) is 4.44. The SMILES string of the molecule is Cc1nc(-c2c(-c3ccc4ncnn4c3)nc3n2CCC32CCN([S+](C)[O-])CC2)ccc1F. The fourth-order valence-electron chi connectivity index (χ4n) is 5.25. The van der Waals surface area contributed by atoms with Crippen molar-refractivity contribution in [2.45, 2.75) is 38.1 Å². The molecule has 0 aromatic carbocycles. The van der Waals surface area contributed by atoms with Crippen molar-refractivity contribution in [3.8, 4) is 22.6 Å². The Balaban J connectivity index is 1.51. The average Bonchev–Trinajstić information content (AvgIpc) is 3.51. The van der Waals surface area contributed by atoms with Gasteiger partial charge >= 0.3 is 0 Å². The number of hydrogen-bond acceptors (Lipinski definition) is 6. The van der Waals surface area contributed by atoms with Crippen LogP contribution in [-0.2, 0) is 23.3 Å². The number of piperidine rings is 1. The highest BCUT2D eigenvalue weighted by Gasteiger charge is 2.46. The number of rotatable bonds is 3. The smallest absolute Gasteiger partial charge is 0.155 e. The summed E-state index contributed by atoms with van der Waals surface area (Å²) in [6.45, 7) is 4.10. The molecule has 6 heterocycles. The van der Waals surface area contributed by atoms with Crippen LogP contribution < -0.4 is 0 Å². The third kappa shape index (κ3) is 3.27. The Morgan fingerprint density at radius 2 is 1.85 bits per heavy atom. The third-order valence-electron chi connectivity index (χ3n) is 7.11. The summed E-state index contributed by atoms with van der Waals surface area (Å²) in [5, 5.41) is 4.28. The van der Waals surface area contributed by atoms with Crippen LogP contribution in [0.5, 0.6) is 0 Å². The fraction of sp³-hybridized carbons (Fsp3) is 0.391. The minimum Gasteiger partial charge on any atom is -0.598 e. The minimum atomic E-state index is -0.955. The number of aromatic nitrogens is 6.